The molecular weight excluding hydrogens is 416 g/mol. The van der Waals surface area contributed by atoms with Crippen molar-refractivity contribution in [1.82, 2.24) is 10.2 Å². The number of carbonyl (C=O) groups excluding carboxylic acids is 2. The Bertz CT molecular complexity index is 1090. The van der Waals surface area contributed by atoms with Gasteiger partial charge in [0, 0.05) is 18.0 Å². The molecule has 3 rings (SSSR count). The van der Waals surface area contributed by atoms with E-state index in [4.69, 9.17) is 9.47 Å². The molecule has 0 heterocycles. The second-order valence-electron chi connectivity index (χ2n) is 8.13. The number of rotatable bonds is 10. The van der Waals surface area contributed by atoms with Gasteiger partial charge in [0.1, 0.15) is 17.5 Å². The Morgan fingerprint density at radius 2 is 1.73 bits per heavy atom. The van der Waals surface area contributed by atoms with E-state index in [9.17, 15) is 9.59 Å². The molecule has 1 N–H and O–H groups in total. The molecule has 174 valence electrons. The number of hydrogen-bond donors (Lipinski definition) is 1. The maximum absolute atomic E-state index is 13.3. The molecule has 33 heavy (non-hydrogen) atoms. The van der Waals surface area contributed by atoms with E-state index < -0.39 is 6.04 Å². The summed E-state index contributed by atoms with van der Waals surface area (Å²) in [7, 11) is 1.60. The summed E-state index contributed by atoms with van der Waals surface area (Å²) in [5.74, 6) is 0.881. The van der Waals surface area contributed by atoms with Gasteiger partial charge in [0.05, 0.1) is 7.11 Å². The third-order valence-electron chi connectivity index (χ3n) is 5.76. The molecule has 0 aliphatic carbocycles. The van der Waals surface area contributed by atoms with Gasteiger partial charge in [0.15, 0.2) is 6.61 Å². The van der Waals surface area contributed by atoms with Gasteiger partial charge in [-0.1, -0.05) is 55.5 Å². The lowest BCUT2D eigenvalue weighted by atomic mass is 10.1. The molecule has 0 saturated heterocycles. The topological polar surface area (TPSA) is 67.9 Å². The summed E-state index contributed by atoms with van der Waals surface area (Å²) < 4.78 is 11.2. The molecule has 6 nitrogen and oxygen atoms in total. The molecule has 2 atom stereocenters. The zero-order valence-electron chi connectivity index (χ0n) is 19.7. The lowest BCUT2D eigenvalue weighted by molar-refractivity contribution is -0.142. The SMILES string of the molecule is CC[C@H](C)NC(=O)[C@@H](C)N(Cc1cccc(OC)c1)C(=O)COc1cccc2ccccc12. The molecular formula is C27H32N2O4. The second-order valence-corrected chi connectivity index (χ2v) is 8.13. The van der Waals surface area contributed by atoms with Crippen LogP contribution in [0.15, 0.2) is 66.7 Å². The first kappa shape index (κ1) is 24.1. The molecule has 0 aromatic heterocycles. The minimum Gasteiger partial charge on any atom is -0.497 e. The van der Waals surface area contributed by atoms with E-state index in [1.807, 2.05) is 80.6 Å². The quantitative estimate of drug-likeness (QED) is 0.494. The molecule has 3 aromatic rings. The van der Waals surface area contributed by atoms with Crippen LogP contribution in [0, 0.1) is 0 Å². The normalized spacial score (nSPS) is 12.6. The standard InChI is InChI=1S/C27H32N2O4/c1-5-19(2)28-27(31)20(3)29(17-21-10-8-13-23(16-21)32-4)26(30)18-33-25-15-9-12-22-11-6-7-14-24(22)25/h6-16,19-20H,5,17-18H2,1-4H3,(H,28,31)/t19-,20+/m0/s1. The summed E-state index contributed by atoms with van der Waals surface area (Å²) >= 11 is 0. The first-order valence-corrected chi connectivity index (χ1v) is 11.3. The van der Waals surface area contributed by atoms with E-state index in [1.54, 1.807) is 18.9 Å². The Balaban J connectivity index is 1.80. The maximum Gasteiger partial charge on any atom is 0.261 e. The van der Waals surface area contributed by atoms with Gasteiger partial charge in [0.2, 0.25) is 5.91 Å². The van der Waals surface area contributed by atoms with Crippen molar-refractivity contribution in [2.24, 2.45) is 0 Å². The average Bonchev–Trinajstić information content (AvgIpc) is 2.85. The molecule has 2 amide bonds. The van der Waals surface area contributed by atoms with Crippen LogP contribution in [0.4, 0.5) is 0 Å². The highest BCUT2D eigenvalue weighted by Crippen LogP contribution is 2.25. The highest BCUT2D eigenvalue weighted by molar-refractivity contribution is 5.90. The van der Waals surface area contributed by atoms with Crippen molar-refractivity contribution in [3.63, 3.8) is 0 Å². The number of fused-ring (bicyclic) bond motifs is 1. The molecule has 0 saturated carbocycles. The van der Waals surface area contributed by atoms with E-state index in [0.29, 0.717) is 11.5 Å². The smallest absolute Gasteiger partial charge is 0.261 e. The van der Waals surface area contributed by atoms with Crippen molar-refractivity contribution >= 4 is 22.6 Å². The summed E-state index contributed by atoms with van der Waals surface area (Å²) in [6.45, 7) is 5.80. The van der Waals surface area contributed by atoms with Crippen LogP contribution in [0.2, 0.25) is 0 Å². The number of nitrogens with zero attached hydrogens (tertiary/aromatic N) is 1. The monoisotopic (exact) mass is 448 g/mol. The number of nitrogens with one attached hydrogen (secondary N) is 1. The Kier molecular flexibility index (Phi) is 8.30. The van der Waals surface area contributed by atoms with Crippen LogP contribution in [0.25, 0.3) is 10.8 Å². The highest BCUT2D eigenvalue weighted by atomic mass is 16.5. The summed E-state index contributed by atoms with van der Waals surface area (Å²) in [6, 6.07) is 20.5. The van der Waals surface area contributed by atoms with Gasteiger partial charge in [-0.3, -0.25) is 9.59 Å². The molecule has 0 aliphatic heterocycles. The van der Waals surface area contributed by atoms with E-state index in [2.05, 4.69) is 5.32 Å². The number of benzene rings is 3. The van der Waals surface area contributed by atoms with Gasteiger partial charge in [-0.15, -0.1) is 0 Å². The molecule has 6 heteroatoms. The fraction of sp³-hybridized carbons (Fsp3) is 0.333. The Morgan fingerprint density at radius 1 is 1.00 bits per heavy atom. The van der Waals surface area contributed by atoms with E-state index >= 15 is 0 Å². The Morgan fingerprint density at radius 3 is 2.48 bits per heavy atom. The summed E-state index contributed by atoms with van der Waals surface area (Å²) in [4.78, 5) is 27.7. The van der Waals surface area contributed by atoms with Crippen molar-refractivity contribution in [3.8, 4) is 11.5 Å². The second kappa shape index (κ2) is 11.4. The van der Waals surface area contributed by atoms with Crippen LogP contribution < -0.4 is 14.8 Å². The lowest BCUT2D eigenvalue weighted by Gasteiger charge is -2.29. The number of carbonyl (C=O) groups is 2. The number of hydrogen-bond acceptors (Lipinski definition) is 4. The van der Waals surface area contributed by atoms with Crippen LogP contribution in [-0.2, 0) is 16.1 Å². The molecule has 0 unspecified atom stereocenters. The van der Waals surface area contributed by atoms with E-state index in [-0.39, 0.29) is 31.0 Å². The fourth-order valence-corrected chi connectivity index (χ4v) is 3.56. The van der Waals surface area contributed by atoms with Gasteiger partial charge in [-0.25, -0.2) is 0 Å². The van der Waals surface area contributed by atoms with Crippen molar-refractivity contribution < 1.29 is 19.1 Å². The summed E-state index contributed by atoms with van der Waals surface area (Å²) in [5, 5.41) is 4.95. The Labute approximate surface area is 195 Å². The number of methoxy groups -OCH3 is 1. The summed E-state index contributed by atoms with van der Waals surface area (Å²) in [6.07, 6.45) is 0.812. The van der Waals surface area contributed by atoms with Crippen molar-refractivity contribution in [2.45, 2.75) is 45.8 Å². The first-order chi connectivity index (χ1) is 15.9. The van der Waals surface area contributed by atoms with Crippen molar-refractivity contribution in [1.29, 1.82) is 0 Å². The first-order valence-electron chi connectivity index (χ1n) is 11.3. The van der Waals surface area contributed by atoms with Gasteiger partial charge < -0.3 is 19.7 Å². The zero-order valence-corrected chi connectivity index (χ0v) is 19.7. The van der Waals surface area contributed by atoms with E-state index in [1.165, 1.54) is 0 Å². The average molecular weight is 449 g/mol. The predicted octanol–water partition coefficient (Wildman–Crippen LogP) is 4.56. The number of ether oxygens (including phenoxy) is 2. The zero-order chi connectivity index (χ0) is 23.8. The molecule has 0 aliphatic rings. The van der Waals surface area contributed by atoms with Gasteiger partial charge in [-0.05, 0) is 49.4 Å². The molecule has 3 aromatic carbocycles. The van der Waals surface area contributed by atoms with Crippen LogP contribution in [0.1, 0.15) is 32.8 Å². The molecule has 0 bridgehead atoms. The van der Waals surface area contributed by atoms with Crippen LogP contribution >= 0.6 is 0 Å². The van der Waals surface area contributed by atoms with Crippen LogP contribution in [0.3, 0.4) is 0 Å². The minimum absolute atomic E-state index is 0.0284. The van der Waals surface area contributed by atoms with Crippen molar-refractivity contribution in [2.75, 3.05) is 13.7 Å². The fourth-order valence-electron chi connectivity index (χ4n) is 3.56. The van der Waals surface area contributed by atoms with Gasteiger partial charge in [0.25, 0.3) is 5.91 Å². The Hall–Kier alpha value is -3.54. The number of amides is 2. The largest absolute Gasteiger partial charge is 0.497 e. The predicted molar refractivity (Wildman–Crippen MR) is 130 cm³/mol. The third kappa shape index (κ3) is 6.25. The van der Waals surface area contributed by atoms with Crippen molar-refractivity contribution in [3.05, 3.63) is 72.3 Å². The highest BCUT2D eigenvalue weighted by Gasteiger charge is 2.27. The third-order valence-corrected chi connectivity index (χ3v) is 5.76. The lowest BCUT2D eigenvalue weighted by Crippen LogP contribution is -2.50. The molecule has 0 spiro atoms. The van der Waals surface area contributed by atoms with E-state index in [0.717, 1.165) is 22.8 Å². The van der Waals surface area contributed by atoms with Crippen LogP contribution in [-0.4, -0.2) is 42.5 Å². The summed E-state index contributed by atoms with van der Waals surface area (Å²) in [5.41, 5.74) is 0.871. The minimum atomic E-state index is -0.659. The van der Waals surface area contributed by atoms with Crippen LogP contribution in [0.5, 0.6) is 11.5 Å². The molecule has 0 fully saturated rings. The molecule has 0 radical (unpaired) electrons. The van der Waals surface area contributed by atoms with Gasteiger partial charge >= 0.3 is 0 Å². The maximum atomic E-state index is 13.3. The van der Waals surface area contributed by atoms with Gasteiger partial charge in [-0.2, -0.15) is 0 Å².